The van der Waals surface area contributed by atoms with Crippen LogP contribution in [0.5, 0.6) is 5.75 Å². The number of urea groups is 1. The maximum Gasteiger partial charge on any atom is 0.458 e. The number of hydrogen-bond acceptors (Lipinski definition) is 3. The molecule has 0 aromatic heterocycles. The Kier molecular flexibility index (Phi) is 5.77. The van der Waals surface area contributed by atoms with E-state index in [0.717, 1.165) is 6.07 Å². The van der Waals surface area contributed by atoms with Gasteiger partial charge in [0, 0.05) is 35.9 Å². The summed E-state index contributed by atoms with van der Waals surface area (Å²) in [5, 5.41) is 4.98. The maximum atomic E-state index is 14.3. The molecule has 2 aromatic carbocycles. The smallest absolute Gasteiger partial charge is 0.458 e. The number of alkyl halides is 5. The van der Waals surface area contributed by atoms with E-state index in [1.165, 1.54) is 11.9 Å². The summed E-state index contributed by atoms with van der Waals surface area (Å²) in [5.41, 5.74) is -0.997. The Morgan fingerprint density at radius 1 is 1.09 bits per heavy atom. The number of amides is 3. The minimum atomic E-state index is -5.82. The molecule has 11 heteroatoms. The van der Waals surface area contributed by atoms with E-state index >= 15 is 0 Å². The van der Waals surface area contributed by atoms with Crippen LogP contribution in [0.1, 0.15) is 40.9 Å². The number of benzene rings is 2. The lowest BCUT2D eigenvalue weighted by Crippen LogP contribution is -2.45. The minimum absolute atomic E-state index is 0.0409. The first kappa shape index (κ1) is 24.5. The minimum Gasteiger partial charge on any atom is -0.483 e. The van der Waals surface area contributed by atoms with E-state index in [-0.39, 0.29) is 30.1 Å². The first-order valence-corrected chi connectivity index (χ1v) is 10.7. The Bertz CT molecular complexity index is 1240. The second kappa shape index (κ2) is 8.24. The lowest BCUT2D eigenvalue weighted by Gasteiger charge is -2.40. The molecule has 186 valence electrons. The molecule has 4 rings (SSSR count). The molecule has 0 fully saturated rings. The van der Waals surface area contributed by atoms with Crippen molar-refractivity contribution in [1.82, 2.24) is 15.5 Å². The Labute approximate surface area is 197 Å². The van der Waals surface area contributed by atoms with E-state index in [1.54, 1.807) is 38.1 Å². The van der Waals surface area contributed by atoms with E-state index in [0.29, 0.717) is 28.8 Å². The zero-order chi connectivity index (χ0) is 25.8. The summed E-state index contributed by atoms with van der Waals surface area (Å²) >= 11 is 0. The van der Waals surface area contributed by atoms with Crippen molar-refractivity contribution in [3.8, 4) is 5.75 Å². The van der Waals surface area contributed by atoms with Gasteiger partial charge in [-0.2, -0.15) is 22.0 Å². The summed E-state index contributed by atoms with van der Waals surface area (Å²) in [5.74, 6) is -5.53. The summed E-state index contributed by atoms with van der Waals surface area (Å²) in [6.45, 7) is 3.23. The molecule has 2 aromatic rings. The van der Waals surface area contributed by atoms with Crippen LogP contribution in [0.3, 0.4) is 0 Å². The normalized spacial score (nSPS) is 17.0. The Morgan fingerprint density at radius 3 is 2.40 bits per heavy atom. The number of ether oxygens (including phenoxy) is 1. The second-order valence-electron chi connectivity index (χ2n) is 8.70. The highest BCUT2D eigenvalue weighted by Gasteiger charge is 2.59. The van der Waals surface area contributed by atoms with Crippen molar-refractivity contribution in [2.75, 3.05) is 13.6 Å². The van der Waals surface area contributed by atoms with Crippen LogP contribution in [-0.2, 0) is 12.5 Å². The van der Waals surface area contributed by atoms with Gasteiger partial charge in [-0.3, -0.25) is 4.79 Å². The topological polar surface area (TPSA) is 70.7 Å². The standard InChI is InChI=1S/C24H22F5N3O3/c1-22(2)17(11-31-21(34)30-3)19(32-12-13-6-4-5-7-15(13)20(32)33)16-10-14(8-9-18(16)35-22)23(25,26)24(27,28)29/h4-10H,11-12H2,1-3H3,(H2,30,31,34). The van der Waals surface area contributed by atoms with E-state index in [9.17, 15) is 31.5 Å². The number of halogens is 5. The van der Waals surface area contributed by atoms with Gasteiger partial charge >= 0.3 is 18.1 Å². The molecule has 35 heavy (non-hydrogen) atoms. The largest absolute Gasteiger partial charge is 0.483 e. The van der Waals surface area contributed by atoms with Gasteiger partial charge in [-0.25, -0.2) is 4.79 Å². The molecule has 2 aliphatic heterocycles. The summed E-state index contributed by atoms with van der Waals surface area (Å²) < 4.78 is 73.8. The first-order valence-electron chi connectivity index (χ1n) is 10.7. The predicted octanol–water partition coefficient (Wildman–Crippen LogP) is 4.81. The molecule has 0 saturated carbocycles. The number of nitrogens with one attached hydrogen (secondary N) is 2. The molecular formula is C24H22F5N3O3. The highest BCUT2D eigenvalue weighted by Crippen LogP contribution is 2.49. The van der Waals surface area contributed by atoms with E-state index in [2.05, 4.69) is 10.6 Å². The molecule has 6 nitrogen and oxygen atoms in total. The average Bonchev–Trinajstić information content (AvgIpc) is 3.11. The van der Waals surface area contributed by atoms with Crippen molar-refractivity contribution in [3.05, 3.63) is 70.3 Å². The number of carbonyl (C=O) groups is 2. The van der Waals surface area contributed by atoms with Gasteiger partial charge in [-0.05, 0) is 43.7 Å². The average molecular weight is 495 g/mol. The van der Waals surface area contributed by atoms with Gasteiger partial charge in [0.25, 0.3) is 5.91 Å². The number of hydrogen-bond donors (Lipinski definition) is 2. The van der Waals surface area contributed by atoms with Crippen molar-refractivity contribution in [2.45, 2.75) is 38.1 Å². The number of rotatable bonds is 4. The van der Waals surface area contributed by atoms with Crippen LogP contribution in [0.4, 0.5) is 26.7 Å². The SMILES string of the molecule is CNC(=O)NCC1=C(N2Cc3ccccc3C2=O)c2cc(C(F)(F)C(F)(F)F)ccc2OC1(C)C. The van der Waals surface area contributed by atoms with Gasteiger partial charge in [0.05, 0.1) is 12.2 Å². The van der Waals surface area contributed by atoms with Gasteiger partial charge < -0.3 is 20.3 Å². The third kappa shape index (κ3) is 4.08. The second-order valence-corrected chi connectivity index (χ2v) is 8.70. The van der Waals surface area contributed by atoms with E-state index in [1.807, 2.05) is 0 Å². The summed E-state index contributed by atoms with van der Waals surface area (Å²) in [4.78, 5) is 26.5. The first-order chi connectivity index (χ1) is 16.3. The zero-order valence-electron chi connectivity index (χ0n) is 19.0. The van der Waals surface area contributed by atoms with Crippen LogP contribution in [0.2, 0.25) is 0 Å². The lowest BCUT2D eigenvalue weighted by molar-refractivity contribution is -0.289. The fraction of sp³-hybridized carbons (Fsp3) is 0.333. The quantitative estimate of drug-likeness (QED) is 0.599. The molecule has 2 N–H and O–H groups in total. The third-order valence-electron chi connectivity index (χ3n) is 6.08. The van der Waals surface area contributed by atoms with Crippen molar-refractivity contribution in [2.24, 2.45) is 0 Å². The van der Waals surface area contributed by atoms with Crippen molar-refractivity contribution >= 4 is 17.6 Å². The van der Waals surface area contributed by atoms with Crippen molar-refractivity contribution in [3.63, 3.8) is 0 Å². The molecule has 3 amide bonds. The Balaban J connectivity index is 1.93. The van der Waals surface area contributed by atoms with E-state index in [4.69, 9.17) is 4.74 Å². The van der Waals surface area contributed by atoms with Crippen molar-refractivity contribution in [1.29, 1.82) is 0 Å². The molecule has 0 atom stereocenters. The van der Waals surface area contributed by atoms with Crippen LogP contribution < -0.4 is 15.4 Å². The maximum absolute atomic E-state index is 14.3. The Hall–Kier alpha value is -3.63. The number of fused-ring (bicyclic) bond motifs is 2. The molecule has 0 aliphatic carbocycles. The van der Waals surface area contributed by atoms with Gasteiger partial charge in [-0.1, -0.05) is 18.2 Å². The summed E-state index contributed by atoms with van der Waals surface area (Å²) in [6.07, 6.45) is -5.82. The van der Waals surface area contributed by atoms with Crippen LogP contribution >= 0.6 is 0 Å². The van der Waals surface area contributed by atoms with Crippen LogP contribution in [0.25, 0.3) is 5.70 Å². The molecule has 0 unspecified atom stereocenters. The van der Waals surface area contributed by atoms with Gasteiger partial charge in [0.15, 0.2) is 0 Å². The molecule has 0 saturated heterocycles. The molecule has 0 spiro atoms. The molecule has 0 bridgehead atoms. The highest BCUT2D eigenvalue weighted by molar-refractivity contribution is 6.04. The highest BCUT2D eigenvalue weighted by atomic mass is 19.4. The molecule has 0 radical (unpaired) electrons. The van der Waals surface area contributed by atoms with E-state index < -0.39 is 35.2 Å². The predicted molar refractivity (Wildman–Crippen MR) is 117 cm³/mol. The number of carbonyl (C=O) groups excluding carboxylic acids is 2. The number of nitrogens with zero attached hydrogens (tertiary/aromatic N) is 1. The fourth-order valence-corrected chi connectivity index (χ4v) is 4.24. The molecule has 2 aliphatic rings. The van der Waals surface area contributed by atoms with Gasteiger partial charge in [0.2, 0.25) is 0 Å². The Morgan fingerprint density at radius 2 is 1.77 bits per heavy atom. The fourth-order valence-electron chi connectivity index (χ4n) is 4.24. The molecule has 2 heterocycles. The third-order valence-corrected chi connectivity index (χ3v) is 6.08. The lowest BCUT2D eigenvalue weighted by atomic mass is 9.87. The van der Waals surface area contributed by atoms with Gasteiger partial charge in [0.1, 0.15) is 11.4 Å². The van der Waals surface area contributed by atoms with Crippen LogP contribution in [0, 0.1) is 0 Å². The van der Waals surface area contributed by atoms with Crippen LogP contribution in [0.15, 0.2) is 48.0 Å². The zero-order valence-corrected chi connectivity index (χ0v) is 19.0. The van der Waals surface area contributed by atoms with Crippen molar-refractivity contribution < 1.29 is 36.3 Å². The monoisotopic (exact) mass is 495 g/mol. The van der Waals surface area contributed by atoms with Gasteiger partial charge in [-0.15, -0.1) is 0 Å². The molecular weight excluding hydrogens is 473 g/mol. The summed E-state index contributed by atoms with van der Waals surface area (Å²) in [7, 11) is 1.40. The summed E-state index contributed by atoms with van der Waals surface area (Å²) in [6, 6.07) is 8.61. The van der Waals surface area contributed by atoms with Crippen LogP contribution in [-0.4, -0.2) is 42.2 Å².